The quantitative estimate of drug-likeness (QED) is 0.932. The lowest BCUT2D eigenvalue weighted by Crippen LogP contribution is -2.37. The van der Waals surface area contributed by atoms with Gasteiger partial charge >= 0.3 is 6.18 Å². The zero-order valence-electron chi connectivity index (χ0n) is 12.9. The molecule has 0 aromatic carbocycles. The number of aliphatic hydroxyl groups excluding tert-OH is 1. The molecule has 0 radical (unpaired) electrons. The number of nitrogens with zero attached hydrogens (tertiary/aromatic N) is 4. The van der Waals surface area contributed by atoms with Crippen molar-refractivity contribution in [3.8, 4) is 11.4 Å². The second-order valence-corrected chi connectivity index (χ2v) is 5.81. The molecule has 1 N–H and O–H groups in total. The number of aromatic nitrogens is 3. The van der Waals surface area contributed by atoms with Crippen molar-refractivity contribution in [1.29, 1.82) is 0 Å². The molecule has 0 amide bonds. The van der Waals surface area contributed by atoms with E-state index in [-0.39, 0.29) is 24.2 Å². The molecule has 24 heavy (non-hydrogen) atoms. The van der Waals surface area contributed by atoms with Gasteiger partial charge in [0.25, 0.3) is 0 Å². The monoisotopic (exact) mass is 338 g/mol. The Labute approximate surface area is 137 Å². The van der Waals surface area contributed by atoms with Gasteiger partial charge in [0.1, 0.15) is 5.82 Å². The van der Waals surface area contributed by atoms with E-state index in [0.29, 0.717) is 18.7 Å². The molecule has 2 aromatic rings. The largest absolute Gasteiger partial charge is 0.433 e. The molecule has 0 aliphatic carbocycles. The number of aliphatic hydroxyl groups is 1. The fourth-order valence-electron chi connectivity index (χ4n) is 2.79. The van der Waals surface area contributed by atoms with Gasteiger partial charge < -0.3 is 10.0 Å². The summed E-state index contributed by atoms with van der Waals surface area (Å²) in [5.41, 5.74) is -0.487. The van der Waals surface area contributed by atoms with E-state index < -0.39 is 11.9 Å². The van der Waals surface area contributed by atoms with Crippen LogP contribution in [0.15, 0.2) is 30.6 Å². The van der Waals surface area contributed by atoms with E-state index in [0.717, 1.165) is 18.9 Å². The second-order valence-electron chi connectivity index (χ2n) is 5.81. The van der Waals surface area contributed by atoms with Crippen molar-refractivity contribution in [1.82, 2.24) is 15.0 Å². The van der Waals surface area contributed by atoms with E-state index in [9.17, 15) is 18.3 Å². The van der Waals surface area contributed by atoms with Crippen molar-refractivity contribution in [3.63, 3.8) is 0 Å². The summed E-state index contributed by atoms with van der Waals surface area (Å²) in [5, 5.41) is 9.33. The van der Waals surface area contributed by atoms with E-state index in [1.54, 1.807) is 17.0 Å². The van der Waals surface area contributed by atoms with Crippen LogP contribution in [0.5, 0.6) is 0 Å². The molecule has 5 nitrogen and oxygen atoms in total. The summed E-state index contributed by atoms with van der Waals surface area (Å²) in [7, 11) is 0. The minimum absolute atomic E-state index is 0.0188. The first-order valence-electron chi connectivity index (χ1n) is 7.70. The standard InChI is InChI=1S/C16H17F3N4O/c17-16(18,19)13-8-14(23-7-1-2-11(9-23)10-24)22-15(21-13)12-3-5-20-6-4-12/h3-6,8,11,24H,1-2,7,9-10H2. The maximum absolute atomic E-state index is 13.2. The molecule has 1 aliphatic heterocycles. The van der Waals surface area contributed by atoms with Crippen LogP contribution in [-0.4, -0.2) is 39.8 Å². The summed E-state index contributed by atoms with van der Waals surface area (Å²) in [4.78, 5) is 13.6. The molecule has 128 valence electrons. The van der Waals surface area contributed by atoms with E-state index >= 15 is 0 Å². The molecule has 0 bridgehead atoms. The highest BCUT2D eigenvalue weighted by atomic mass is 19.4. The lowest BCUT2D eigenvalue weighted by atomic mass is 9.99. The normalized spacial score (nSPS) is 18.7. The number of hydrogen-bond donors (Lipinski definition) is 1. The zero-order valence-corrected chi connectivity index (χ0v) is 12.9. The third kappa shape index (κ3) is 3.64. The number of piperidine rings is 1. The Hall–Kier alpha value is -2.22. The number of pyridine rings is 1. The van der Waals surface area contributed by atoms with Gasteiger partial charge in [-0.1, -0.05) is 0 Å². The predicted molar refractivity (Wildman–Crippen MR) is 82.3 cm³/mol. The fraction of sp³-hybridized carbons (Fsp3) is 0.438. The first-order chi connectivity index (χ1) is 11.5. The molecule has 1 unspecified atom stereocenters. The van der Waals surface area contributed by atoms with Gasteiger partial charge in [-0.3, -0.25) is 4.98 Å². The predicted octanol–water partition coefficient (Wildman–Crippen LogP) is 2.77. The molecule has 3 rings (SSSR count). The van der Waals surface area contributed by atoms with Gasteiger partial charge in [-0.25, -0.2) is 9.97 Å². The molecule has 1 fully saturated rings. The molecule has 3 heterocycles. The Kier molecular flexibility index (Phi) is 4.66. The molecule has 1 atom stereocenters. The molecular weight excluding hydrogens is 321 g/mol. The Morgan fingerprint density at radius 3 is 2.62 bits per heavy atom. The van der Waals surface area contributed by atoms with E-state index in [2.05, 4.69) is 15.0 Å². The molecule has 1 saturated heterocycles. The van der Waals surface area contributed by atoms with Crippen molar-refractivity contribution in [2.75, 3.05) is 24.6 Å². The summed E-state index contributed by atoms with van der Waals surface area (Å²) in [6.45, 7) is 1.12. The van der Waals surface area contributed by atoms with Crippen LogP contribution in [0.3, 0.4) is 0 Å². The summed E-state index contributed by atoms with van der Waals surface area (Å²) in [5.74, 6) is 0.308. The highest BCUT2D eigenvalue weighted by molar-refractivity contribution is 5.57. The topological polar surface area (TPSA) is 62.1 Å². The summed E-state index contributed by atoms with van der Waals surface area (Å²) in [6.07, 6.45) is 0.0941. The Morgan fingerprint density at radius 1 is 1.21 bits per heavy atom. The summed E-state index contributed by atoms with van der Waals surface area (Å²) in [6, 6.07) is 4.13. The van der Waals surface area contributed by atoms with Crippen LogP contribution in [0.1, 0.15) is 18.5 Å². The minimum Gasteiger partial charge on any atom is -0.396 e. The Morgan fingerprint density at radius 2 is 1.96 bits per heavy atom. The van der Waals surface area contributed by atoms with Gasteiger partial charge in [-0.05, 0) is 30.9 Å². The van der Waals surface area contributed by atoms with Crippen LogP contribution in [-0.2, 0) is 6.18 Å². The third-order valence-corrected chi connectivity index (χ3v) is 4.04. The van der Waals surface area contributed by atoms with Crippen molar-refractivity contribution in [2.24, 2.45) is 5.92 Å². The number of rotatable bonds is 3. The highest BCUT2D eigenvalue weighted by Gasteiger charge is 2.34. The highest BCUT2D eigenvalue weighted by Crippen LogP contribution is 2.32. The number of hydrogen-bond acceptors (Lipinski definition) is 5. The maximum Gasteiger partial charge on any atom is 0.433 e. The smallest absolute Gasteiger partial charge is 0.396 e. The van der Waals surface area contributed by atoms with Gasteiger partial charge in [0.15, 0.2) is 11.5 Å². The molecule has 2 aromatic heterocycles. The van der Waals surface area contributed by atoms with Gasteiger partial charge in [0, 0.05) is 43.7 Å². The molecular formula is C16H17F3N4O. The van der Waals surface area contributed by atoms with Crippen LogP contribution < -0.4 is 4.90 Å². The average molecular weight is 338 g/mol. The molecule has 8 heteroatoms. The van der Waals surface area contributed by atoms with Gasteiger partial charge in [0.05, 0.1) is 0 Å². The molecule has 0 saturated carbocycles. The number of alkyl halides is 3. The minimum atomic E-state index is -4.55. The van der Waals surface area contributed by atoms with Crippen molar-refractivity contribution < 1.29 is 18.3 Å². The van der Waals surface area contributed by atoms with E-state index in [1.807, 2.05) is 0 Å². The maximum atomic E-state index is 13.2. The third-order valence-electron chi connectivity index (χ3n) is 4.04. The van der Waals surface area contributed by atoms with Crippen LogP contribution in [0.25, 0.3) is 11.4 Å². The van der Waals surface area contributed by atoms with Crippen LogP contribution in [0.4, 0.5) is 19.0 Å². The van der Waals surface area contributed by atoms with Crippen LogP contribution in [0, 0.1) is 5.92 Å². The Balaban J connectivity index is 2.02. The average Bonchev–Trinajstić information content (AvgIpc) is 2.61. The molecule has 1 aliphatic rings. The number of halogens is 3. The Bertz CT molecular complexity index is 693. The lowest BCUT2D eigenvalue weighted by Gasteiger charge is -2.33. The SMILES string of the molecule is OCC1CCCN(c2cc(C(F)(F)F)nc(-c3ccncc3)n2)C1. The zero-order chi connectivity index (χ0) is 17.2. The van der Waals surface area contributed by atoms with Crippen molar-refractivity contribution in [2.45, 2.75) is 19.0 Å². The molecule has 0 spiro atoms. The lowest BCUT2D eigenvalue weighted by molar-refractivity contribution is -0.141. The summed E-state index contributed by atoms with van der Waals surface area (Å²) >= 11 is 0. The van der Waals surface area contributed by atoms with Gasteiger partial charge in [-0.15, -0.1) is 0 Å². The fourth-order valence-corrected chi connectivity index (χ4v) is 2.79. The first-order valence-corrected chi connectivity index (χ1v) is 7.70. The second kappa shape index (κ2) is 6.72. The van der Waals surface area contributed by atoms with Crippen LogP contribution >= 0.6 is 0 Å². The van der Waals surface area contributed by atoms with E-state index in [1.165, 1.54) is 12.4 Å². The van der Waals surface area contributed by atoms with Crippen LogP contribution in [0.2, 0.25) is 0 Å². The van der Waals surface area contributed by atoms with Crippen molar-refractivity contribution in [3.05, 3.63) is 36.3 Å². The van der Waals surface area contributed by atoms with Crippen molar-refractivity contribution >= 4 is 5.82 Å². The van der Waals surface area contributed by atoms with Gasteiger partial charge in [-0.2, -0.15) is 13.2 Å². The first kappa shape index (κ1) is 16.6. The van der Waals surface area contributed by atoms with Gasteiger partial charge in [0.2, 0.25) is 0 Å². The number of anilines is 1. The van der Waals surface area contributed by atoms with E-state index in [4.69, 9.17) is 0 Å². The summed E-state index contributed by atoms with van der Waals surface area (Å²) < 4.78 is 39.6.